The zero-order valence-electron chi connectivity index (χ0n) is 16.6. The average molecular weight is 410 g/mol. The first-order valence-electron chi connectivity index (χ1n) is 9.33. The van der Waals surface area contributed by atoms with Crippen molar-refractivity contribution in [3.63, 3.8) is 0 Å². The van der Waals surface area contributed by atoms with Crippen LogP contribution in [-0.2, 0) is 11.3 Å². The first kappa shape index (κ1) is 20.7. The highest BCUT2D eigenvalue weighted by atomic mass is 32.2. The number of benzene rings is 2. The second-order valence-electron chi connectivity index (χ2n) is 7.07. The van der Waals surface area contributed by atoms with Crippen LogP contribution in [-0.4, -0.2) is 31.9 Å². The van der Waals surface area contributed by atoms with Crippen LogP contribution in [0.4, 0.5) is 5.69 Å². The monoisotopic (exact) mass is 409 g/mol. The lowest BCUT2D eigenvalue weighted by atomic mass is 10.1. The Balaban J connectivity index is 1.86. The number of tetrazole rings is 1. The van der Waals surface area contributed by atoms with Crippen LogP contribution >= 0.6 is 11.8 Å². The molecule has 0 aliphatic rings. The number of rotatable bonds is 8. The highest BCUT2D eigenvalue weighted by Crippen LogP contribution is 2.35. The molecule has 0 spiro atoms. The van der Waals surface area contributed by atoms with Crippen molar-refractivity contribution >= 4 is 29.1 Å². The maximum atomic E-state index is 13.2. The van der Waals surface area contributed by atoms with Gasteiger partial charge in [-0.25, -0.2) is 4.68 Å². The number of ketones is 1. The van der Waals surface area contributed by atoms with E-state index in [1.54, 1.807) is 28.9 Å². The second kappa shape index (κ2) is 9.47. The quantitative estimate of drug-likeness (QED) is 0.447. The van der Waals surface area contributed by atoms with Gasteiger partial charge in [-0.05, 0) is 41.0 Å². The van der Waals surface area contributed by atoms with E-state index in [2.05, 4.69) is 34.7 Å². The van der Waals surface area contributed by atoms with E-state index >= 15 is 0 Å². The number of carbonyl (C=O) groups is 2. The number of nitrogens with zero attached hydrogens (tertiary/aromatic N) is 4. The van der Waals surface area contributed by atoms with Gasteiger partial charge in [-0.15, -0.1) is 5.10 Å². The number of amides is 1. The molecule has 1 atom stereocenters. The van der Waals surface area contributed by atoms with Crippen LogP contribution in [0.15, 0.2) is 59.8 Å². The number of anilines is 1. The van der Waals surface area contributed by atoms with E-state index < -0.39 is 5.25 Å². The van der Waals surface area contributed by atoms with Crippen molar-refractivity contribution in [2.75, 3.05) is 5.32 Å². The molecule has 7 nitrogen and oxygen atoms in total. The third kappa shape index (κ3) is 5.51. The number of nitrogens with one attached hydrogen (secondary N) is 1. The van der Waals surface area contributed by atoms with Crippen LogP contribution in [0.5, 0.6) is 0 Å². The summed E-state index contributed by atoms with van der Waals surface area (Å²) in [5.74, 6) is 0.111. The SMILES string of the molecule is CC(=O)c1cccc(NC(=O)C(Sc2nnnn2CC(C)C)c2ccccc2)c1. The largest absolute Gasteiger partial charge is 0.325 e. The van der Waals surface area contributed by atoms with Crippen LogP contribution in [0.3, 0.4) is 0 Å². The minimum Gasteiger partial charge on any atom is -0.325 e. The van der Waals surface area contributed by atoms with Crippen molar-refractivity contribution in [2.45, 2.75) is 37.7 Å². The fourth-order valence-electron chi connectivity index (χ4n) is 2.77. The molecule has 0 saturated carbocycles. The van der Waals surface area contributed by atoms with Gasteiger partial charge < -0.3 is 5.32 Å². The molecule has 1 heterocycles. The molecule has 0 aliphatic carbocycles. The Bertz CT molecular complexity index is 988. The third-order valence-electron chi connectivity index (χ3n) is 4.14. The Kier molecular flexibility index (Phi) is 6.77. The van der Waals surface area contributed by atoms with E-state index in [1.165, 1.54) is 18.7 Å². The molecule has 0 radical (unpaired) electrons. The van der Waals surface area contributed by atoms with Gasteiger partial charge in [0.1, 0.15) is 5.25 Å². The summed E-state index contributed by atoms with van der Waals surface area (Å²) in [6, 6.07) is 16.4. The number of hydrogen-bond donors (Lipinski definition) is 1. The Morgan fingerprint density at radius 1 is 1.10 bits per heavy atom. The smallest absolute Gasteiger partial charge is 0.242 e. The third-order valence-corrected chi connectivity index (χ3v) is 5.36. The van der Waals surface area contributed by atoms with Gasteiger partial charge in [0.25, 0.3) is 0 Å². The zero-order valence-corrected chi connectivity index (χ0v) is 17.4. The summed E-state index contributed by atoms with van der Waals surface area (Å²) in [5, 5.41) is 14.9. The molecular formula is C21H23N5O2S. The summed E-state index contributed by atoms with van der Waals surface area (Å²) in [5.41, 5.74) is 1.97. The summed E-state index contributed by atoms with van der Waals surface area (Å²) in [7, 11) is 0. The van der Waals surface area contributed by atoms with Gasteiger partial charge >= 0.3 is 0 Å². The van der Waals surface area contributed by atoms with E-state index in [-0.39, 0.29) is 11.7 Å². The maximum absolute atomic E-state index is 13.2. The van der Waals surface area contributed by atoms with Gasteiger partial charge in [-0.2, -0.15) is 0 Å². The van der Waals surface area contributed by atoms with E-state index in [0.29, 0.717) is 28.9 Å². The van der Waals surface area contributed by atoms with Gasteiger partial charge in [0.15, 0.2) is 5.78 Å². The van der Waals surface area contributed by atoms with Crippen LogP contribution in [0.2, 0.25) is 0 Å². The average Bonchev–Trinajstić information content (AvgIpc) is 3.12. The summed E-state index contributed by atoms with van der Waals surface area (Å²) >= 11 is 1.30. The van der Waals surface area contributed by atoms with Crippen molar-refractivity contribution in [2.24, 2.45) is 5.92 Å². The Labute approximate surface area is 173 Å². The maximum Gasteiger partial charge on any atom is 0.242 e. The highest BCUT2D eigenvalue weighted by Gasteiger charge is 2.25. The van der Waals surface area contributed by atoms with Crippen LogP contribution in [0.25, 0.3) is 0 Å². The number of aromatic nitrogens is 4. The minimum atomic E-state index is -0.547. The molecule has 3 rings (SSSR count). The molecular weight excluding hydrogens is 386 g/mol. The number of carbonyl (C=O) groups excluding carboxylic acids is 2. The molecule has 8 heteroatoms. The molecule has 150 valence electrons. The summed E-state index contributed by atoms with van der Waals surface area (Å²) in [4.78, 5) is 24.8. The summed E-state index contributed by atoms with van der Waals surface area (Å²) < 4.78 is 1.72. The lowest BCUT2D eigenvalue weighted by molar-refractivity contribution is -0.115. The first-order valence-corrected chi connectivity index (χ1v) is 10.2. The fraction of sp³-hybridized carbons (Fsp3) is 0.286. The second-order valence-corrected chi connectivity index (χ2v) is 8.14. The summed E-state index contributed by atoms with van der Waals surface area (Å²) in [6.45, 7) is 6.33. The zero-order chi connectivity index (χ0) is 20.8. The lowest BCUT2D eigenvalue weighted by Gasteiger charge is -2.17. The molecule has 1 N–H and O–H groups in total. The van der Waals surface area contributed by atoms with Crippen molar-refractivity contribution in [3.8, 4) is 0 Å². The van der Waals surface area contributed by atoms with E-state index in [1.807, 2.05) is 30.3 Å². The normalized spacial score (nSPS) is 12.0. The molecule has 0 fully saturated rings. The van der Waals surface area contributed by atoms with Gasteiger partial charge in [0.05, 0.1) is 0 Å². The molecule has 2 aromatic carbocycles. The molecule has 0 saturated heterocycles. The van der Waals surface area contributed by atoms with Crippen LogP contribution in [0, 0.1) is 5.92 Å². The molecule has 1 unspecified atom stereocenters. The number of Topliss-reactive ketones (excluding diaryl/α,β-unsaturated/α-hetero) is 1. The molecule has 1 aromatic heterocycles. The van der Waals surface area contributed by atoms with E-state index in [9.17, 15) is 9.59 Å². The standard InChI is InChI=1S/C21H23N5O2S/c1-14(2)13-26-21(23-24-25-26)29-19(16-8-5-4-6-9-16)20(28)22-18-11-7-10-17(12-18)15(3)27/h4-12,14,19H,13H2,1-3H3,(H,22,28). The van der Waals surface area contributed by atoms with Gasteiger partial charge in [-0.3, -0.25) is 9.59 Å². The minimum absolute atomic E-state index is 0.0528. The number of hydrogen-bond acceptors (Lipinski definition) is 6. The van der Waals surface area contributed by atoms with Crippen molar-refractivity contribution in [1.29, 1.82) is 0 Å². The Hall–Kier alpha value is -3.00. The first-order chi connectivity index (χ1) is 13.9. The van der Waals surface area contributed by atoms with E-state index in [4.69, 9.17) is 0 Å². The molecule has 0 bridgehead atoms. The topological polar surface area (TPSA) is 89.8 Å². The molecule has 29 heavy (non-hydrogen) atoms. The Morgan fingerprint density at radius 2 is 1.86 bits per heavy atom. The van der Waals surface area contributed by atoms with Gasteiger partial charge in [-0.1, -0.05) is 68.1 Å². The molecule has 1 amide bonds. The lowest BCUT2D eigenvalue weighted by Crippen LogP contribution is -2.20. The highest BCUT2D eigenvalue weighted by molar-refractivity contribution is 8.00. The van der Waals surface area contributed by atoms with E-state index in [0.717, 1.165) is 5.56 Å². The predicted molar refractivity (Wildman–Crippen MR) is 113 cm³/mol. The van der Waals surface area contributed by atoms with Crippen LogP contribution in [0.1, 0.15) is 41.9 Å². The van der Waals surface area contributed by atoms with Crippen LogP contribution < -0.4 is 5.32 Å². The predicted octanol–water partition coefficient (Wildman–Crippen LogP) is 4.00. The van der Waals surface area contributed by atoms with Gasteiger partial charge in [0, 0.05) is 17.8 Å². The van der Waals surface area contributed by atoms with Crippen molar-refractivity contribution < 1.29 is 9.59 Å². The van der Waals surface area contributed by atoms with Crippen molar-refractivity contribution in [3.05, 3.63) is 65.7 Å². The summed E-state index contributed by atoms with van der Waals surface area (Å²) in [6.07, 6.45) is 0. The van der Waals surface area contributed by atoms with Gasteiger partial charge in [0.2, 0.25) is 11.1 Å². The molecule has 3 aromatic rings. The fourth-order valence-corrected chi connectivity index (χ4v) is 3.76. The van der Waals surface area contributed by atoms with Crippen molar-refractivity contribution in [1.82, 2.24) is 20.2 Å². The number of thioether (sulfide) groups is 1. The molecule has 0 aliphatic heterocycles. The Morgan fingerprint density at radius 3 is 2.55 bits per heavy atom.